The molecule has 3 N–H and O–H groups in total. The zero-order valence-corrected chi connectivity index (χ0v) is 11.5. The Hall–Kier alpha value is -0.580. The fourth-order valence-corrected chi connectivity index (χ4v) is 1.62. The minimum absolute atomic E-state index is 0. The van der Waals surface area contributed by atoms with Gasteiger partial charge in [0.05, 0.1) is 0 Å². The smallest absolute Gasteiger partial charge is 0.251 e. The lowest BCUT2D eigenvalue weighted by atomic mass is 10.1. The molecule has 90 valence electrons. The minimum Gasteiger partial charge on any atom is -0.352 e. The number of nitrogens with two attached hydrogens (primary N) is 1. The number of carbonyl (C=O) groups is 1. The zero-order chi connectivity index (χ0) is 11.3. The molecule has 0 radical (unpaired) electrons. The Bertz CT molecular complexity index is 358. The Morgan fingerprint density at radius 3 is 2.81 bits per heavy atom. The van der Waals surface area contributed by atoms with Crippen LogP contribution in [0.4, 0.5) is 0 Å². The molecule has 0 saturated carbocycles. The molecule has 0 saturated heterocycles. The van der Waals surface area contributed by atoms with Crippen LogP contribution in [0, 0.1) is 6.92 Å². The highest BCUT2D eigenvalue weighted by atomic mass is 79.9. The van der Waals surface area contributed by atoms with Gasteiger partial charge in [0.15, 0.2) is 0 Å². The van der Waals surface area contributed by atoms with Crippen LogP contribution in [-0.4, -0.2) is 19.0 Å². The number of halogens is 2. The van der Waals surface area contributed by atoms with Gasteiger partial charge in [-0.2, -0.15) is 0 Å². The largest absolute Gasteiger partial charge is 0.352 e. The molecule has 1 aromatic carbocycles. The SMILES string of the molecule is Cc1c(Br)cccc1C(=O)NCCCN.Cl. The van der Waals surface area contributed by atoms with Gasteiger partial charge in [0.25, 0.3) is 5.91 Å². The maximum absolute atomic E-state index is 11.7. The molecular weight excluding hydrogens is 291 g/mol. The Labute approximate surface area is 110 Å². The maximum atomic E-state index is 11.7. The van der Waals surface area contributed by atoms with Gasteiger partial charge >= 0.3 is 0 Å². The molecule has 3 nitrogen and oxygen atoms in total. The van der Waals surface area contributed by atoms with Crippen LogP contribution in [0.15, 0.2) is 22.7 Å². The van der Waals surface area contributed by atoms with Crippen molar-refractivity contribution in [1.29, 1.82) is 0 Å². The molecule has 0 fully saturated rings. The molecule has 0 aliphatic heterocycles. The normalized spacial score (nSPS) is 9.44. The van der Waals surface area contributed by atoms with Crippen molar-refractivity contribution in [2.24, 2.45) is 5.73 Å². The third-order valence-corrected chi connectivity index (χ3v) is 3.04. The minimum atomic E-state index is -0.0396. The van der Waals surface area contributed by atoms with Crippen LogP contribution < -0.4 is 11.1 Å². The third kappa shape index (κ3) is 4.12. The molecule has 5 heteroatoms. The van der Waals surface area contributed by atoms with Gasteiger partial charge in [-0.25, -0.2) is 0 Å². The standard InChI is InChI=1S/C11H15BrN2O.ClH/c1-8-9(4-2-5-10(8)12)11(15)14-7-3-6-13;/h2,4-5H,3,6-7,13H2,1H3,(H,14,15);1H. The van der Waals surface area contributed by atoms with Crippen LogP contribution >= 0.6 is 28.3 Å². The first kappa shape index (κ1) is 15.4. The quantitative estimate of drug-likeness (QED) is 0.838. The Balaban J connectivity index is 0.00000225. The van der Waals surface area contributed by atoms with Crippen LogP contribution in [-0.2, 0) is 0 Å². The average molecular weight is 308 g/mol. The molecule has 1 rings (SSSR count). The summed E-state index contributed by atoms with van der Waals surface area (Å²) in [6.07, 6.45) is 0.804. The molecule has 0 aliphatic carbocycles. The van der Waals surface area contributed by atoms with Crippen molar-refractivity contribution in [1.82, 2.24) is 5.32 Å². The van der Waals surface area contributed by atoms with Crippen LogP contribution in [0.3, 0.4) is 0 Å². The summed E-state index contributed by atoms with van der Waals surface area (Å²) in [5, 5.41) is 2.83. The number of hydrogen-bond acceptors (Lipinski definition) is 2. The van der Waals surface area contributed by atoms with Crippen molar-refractivity contribution in [3.63, 3.8) is 0 Å². The summed E-state index contributed by atoms with van der Waals surface area (Å²) in [6.45, 7) is 3.14. The number of nitrogens with one attached hydrogen (secondary N) is 1. The van der Waals surface area contributed by atoms with Gasteiger partial charge in [0.2, 0.25) is 0 Å². The van der Waals surface area contributed by atoms with Crippen molar-refractivity contribution in [3.8, 4) is 0 Å². The number of rotatable bonds is 4. The predicted molar refractivity (Wildman–Crippen MR) is 72.1 cm³/mol. The molecule has 1 amide bonds. The van der Waals surface area contributed by atoms with Crippen molar-refractivity contribution in [3.05, 3.63) is 33.8 Å². The van der Waals surface area contributed by atoms with Crippen LogP contribution in [0.5, 0.6) is 0 Å². The van der Waals surface area contributed by atoms with E-state index in [9.17, 15) is 4.79 Å². The Morgan fingerprint density at radius 2 is 2.19 bits per heavy atom. The Kier molecular flexibility index (Phi) is 7.38. The van der Waals surface area contributed by atoms with Crippen molar-refractivity contribution in [2.75, 3.05) is 13.1 Å². The highest BCUT2D eigenvalue weighted by Crippen LogP contribution is 2.19. The van der Waals surface area contributed by atoms with Gasteiger partial charge in [-0.1, -0.05) is 22.0 Å². The zero-order valence-electron chi connectivity index (χ0n) is 9.13. The summed E-state index contributed by atoms with van der Waals surface area (Å²) in [7, 11) is 0. The summed E-state index contributed by atoms with van der Waals surface area (Å²) in [6, 6.07) is 5.60. The molecule has 0 heterocycles. The van der Waals surface area contributed by atoms with E-state index in [4.69, 9.17) is 5.73 Å². The molecule has 1 aromatic rings. The number of hydrogen-bond donors (Lipinski definition) is 2. The summed E-state index contributed by atoms with van der Waals surface area (Å²) in [5.74, 6) is -0.0396. The van der Waals surface area contributed by atoms with E-state index in [1.165, 1.54) is 0 Å². The van der Waals surface area contributed by atoms with Gasteiger partial charge in [-0.05, 0) is 37.6 Å². The molecule has 0 aromatic heterocycles. The van der Waals surface area contributed by atoms with Crippen LogP contribution in [0.1, 0.15) is 22.3 Å². The molecule has 0 bridgehead atoms. The molecule has 16 heavy (non-hydrogen) atoms. The maximum Gasteiger partial charge on any atom is 0.251 e. The van der Waals surface area contributed by atoms with E-state index >= 15 is 0 Å². The van der Waals surface area contributed by atoms with E-state index in [-0.39, 0.29) is 18.3 Å². The summed E-state index contributed by atoms with van der Waals surface area (Å²) in [4.78, 5) is 11.7. The highest BCUT2D eigenvalue weighted by molar-refractivity contribution is 9.10. The summed E-state index contributed by atoms with van der Waals surface area (Å²) in [5.41, 5.74) is 7.02. The van der Waals surface area contributed by atoms with Gasteiger partial charge in [0.1, 0.15) is 0 Å². The van der Waals surface area contributed by atoms with Crippen LogP contribution in [0.25, 0.3) is 0 Å². The molecule has 0 aliphatic rings. The second-order valence-electron chi connectivity index (χ2n) is 3.31. The van der Waals surface area contributed by atoms with Gasteiger partial charge in [-0.3, -0.25) is 4.79 Å². The lowest BCUT2D eigenvalue weighted by molar-refractivity contribution is 0.0953. The first-order chi connectivity index (χ1) is 7.16. The fraction of sp³-hybridized carbons (Fsp3) is 0.364. The van der Waals surface area contributed by atoms with Gasteiger partial charge in [-0.15, -0.1) is 12.4 Å². The highest BCUT2D eigenvalue weighted by Gasteiger charge is 2.09. The lowest BCUT2D eigenvalue weighted by Gasteiger charge is -2.08. The fourth-order valence-electron chi connectivity index (χ4n) is 1.25. The first-order valence-electron chi connectivity index (χ1n) is 4.90. The van der Waals surface area contributed by atoms with Crippen molar-refractivity contribution >= 4 is 34.2 Å². The lowest BCUT2D eigenvalue weighted by Crippen LogP contribution is -2.26. The van der Waals surface area contributed by atoms with E-state index in [1.54, 1.807) is 0 Å². The van der Waals surface area contributed by atoms with E-state index in [0.717, 1.165) is 16.5 Å². The topological polar surface area (TPSA) is 55.1 Å². The average Bonchev–Trinajstić information content (AvgIpc) is 2.22. The van der Waals surface area contributed by atoms with E-state index in [0.29, 0.717) is 18.7 Å². The van der Waals surface area contributed by atoms with Crippen molar-refractivity contribution < 1.29 is 4.79 Å². The molecular formula is C11H16BrClN2O. The molecule has 0 spiro atoms. The molecule has 0 atom stereocenters. The Morgan fingerprint density at radius 1 is 1.50 bits per heavy atom. The number of amides is 1. The van der Waals surface area contributed by atoms with E-state index in [2.05, 4.69) is 21.2 Å². The monoisotopic (exact) mass is 306 g/mol. The molecule has 0 unspecified atom stereocenters. The van der Waals surface area contributed by atoms with Crippen LogP contribution in [0.2, 0.25) is 0 Å². The number of benzene rings is 1. The van der Waals surface area contributed by atoms with Crippen molar-refractivity contribution in [2.45, 2.75) is 13.3 Å². The van der Waals surface area contributed by atoms with E-state index < -0.39 is 0 Å². The second kappa shape index (κ2) is 7.65. The van der Waals surface area contributed by atoms with Gasteiger partial charge in [0, 0.05) is 16.6 Å². The number of carbonyl (C=O) groups excluding carboxylic acids is 1. The first-order valence-corrected chi connectivity index (χ1v) is 5.69. The summed E-state index contributed by atoms with van der Waals surface area (Å²) < 4.78 is 0.953. The van der Waals surface area contributed by atoms with Gasteiger partial charge < -0.3 is 11.1 Å². The second-order valence-corrected chi connectivity index (χ2v) is 4.16. The van der Waals surface area contributed by atoms with E-state index in [1.807, 2.05) is 25.1 Å². The summed E-state index contributed by atoms with van der Waals surface area (Å²) >= 11 is 3.40. The third-order valence-electron chi connectivity index (χ3n) is 2.18. The predicted octanol–water partition coefficient (Wildman–Crippen LogP) is 2.26.